The van der Waals surface area contributed by atoms with Gasteiger partial charge in [-0.15, -0.1) is 11.3 Å². The third-order valence-electron chi connectivity index (χ3n) is 1.87. The highest BCUT2D eigenvalue weighted by Crippen LogP contribution is 2.23. The van der Waals surface area contributed by atoms with Gasteiger partial charge >= 0.3 is 0 Å². The smallest absolute Gasteiger partial charge is 0.148 e. The Kier molecular flexibility index (Phi) is 2.74. The summed E-state index contributed by atoms with van der Waals surface area (Å²) in [5.41, 5.74) is 1.11. The van der Waals surface area contributed by atoms with Crippen molar-refractivity contribution in [3.63, 3.8) is 0 Å². The van der Waals surface area contributed by atoms with Crippen LogP contribution >= 0.6 is 22.9 Å². The number of nitrogens with zero attached hydrogens (tertiary/aromatic N) is 2. The van der Waals surface area contributed by atoms with Crippen LogP contribution in [0.15, 0.2) is 23.7 Å². The minimum absolute atomic E-state index is 0.722. The predicted octanol–water partition coefficient (Wildman–Crippen LogP) is 2.75. The fraction of sp³-hybridized carbons (Fsp3) is 0.222. The van der Waals surface area contributed by atoms with Crippen molar-refractivity contribution >= 4 is 28.8 Å². The van der Waals surface area contributed by atoms with Crippen LogP contribution in [0.4, 0.5) is 5.82 Å². The molecule has 2 heterocycles. The molecule has 74 valence electrons. The van der Waals surface area contributed by atoms with Crippen molar-refractivity contribution in [1.82, 2.24) is 9.78 Å². The van der Waals surface area contributed by atoms with Crippen LogP contribution in [-0.4, -0.2) is 9.78 Å². The maximum absolute atomic E-state index is 5.96. The summed E-state index contributed by atoms with van der Waals surface area (Å²) >= 11 is 7.51. The van der Waals surface area contributed by atoms with E-state index in [0.717, 1.165) is 22.3 Å². The highest BCUT2D eigenvalue weighted by atomic mass is 35.5. The van der Waals surface area contributed by atoms with Gasteiger partial charge in [-0.1, -0.05) is 11.6 Å². The number of hydrogen-bond acceptors (Lipinski definition) is 3. The van der Waals surface area contributed by atoms with E-state index in [1.165, 1.54) is 0 Å². The van der Waals surface area contributed by atoms with Crippen LogP contribution < -0.4 is 5.32 Å². The Morgan fingerprint density at radius 1 is 1.57 bits per heavy atom. The third kappa shape index (κ3) is 2.08. The highest BCUT2D eigenvalue weighted by molar-refractivity contribution is 7.14. The van der Waals surface area contributed by atoms with E-state index in [2.05, 4.69) is 10.4 Å². The van der Waals surface area contributed by atoms with Crippen LogP contribution in [0.2, 0.25) is 4.34 Å². The summed E-state index contributed by atoms with van der Waals surface area (Å²) < 4.78 is 2.60. The summed E-state index contributed by atoms with van der Waals surface area (Å²) in [7, 11) is 1.89. The van der Waals surface area contributed by atoms with Gasteiger partial charge in [-0.05, 0) is 11.4 Å². The molecule has 2 rings (SSSR count). The van der Waals surface area contributed by atoms with Crippen LogP contribution in [0.1, 0.15) is 5.56 Å². The zero-order valence-corrected chi connectivity index (χ0v) is 9.27. The van der Waals surface area contributed by atoms with Crippen LogP contribution in [0.3, 0.4) is 0 Å². The molecule has 0 amide bonds. The summed E-state index contributed by atoms with van der Waals surface area (Å²) in [5, 5.41) is 9.39. The quantitative estimate of drug-likeness (QED) is 0.874. The molecule has 0 saturated carbocycles. The average molecular weight is 228 g/mol. The van der Waals surface area contributed by atoms with Crippen molar-refractivity contribution < 1.29 is 0 Å². The van der Waals surface area contributed by atoms with E-state index >= 15 is 0 Å². The first-order chi connectivity index (χ1) is 6.75. The molecule has 0 aliphatic carbocycles. The minimum Gasteiger partial charge on any atom is -0.364 e. The maximum atomic E-state index is 5.96. The summed E-state index contributed by atoms with van der Waals surface area (Å²) in [6, 6.07) is 3.95. The number of aromatic nitrogens is 2. The molecule has 1 N–H and O–H groups in total. The molecule has 0 atom stereocenters. The number of aryl methyl sites for hydroxylation is 1. The molecule has 3 nitrogen and oxygen atoms in total. The number of thiophene rings is 1. The van der Waals surface area contributed by atoms with Gasteiger partial charge < -0.3 is 5.32 Å². The van der Waals surface area contributed by atoms with E-state index in [0.29, 0.717) is 0 Å². The SMILES string of the molecule is Cn1ccc(NCc2ccsc2Cl)n1. The molecule has 0 fully saturated rings. The Bertz CT molecular complexity index is 421. The van der Waals surface area contributed by atoms with Gasteiger partial charge in [0, 0.05) is 31.4 Å². The van der Waals surface area contributed by atoms with Crippen molar-refractivity contribution in [3.8, 4) is 0 Å². The van der Waals surface area contributed by atoms with E-state index in [4.69, 9.17) is 11.6 Å². The van der Waals surface area contributed by atoms with E-state index in [1.807, 2.05) is 30.8 Å². The number of rotatable bonds is 3. The fourth-order valence-electron chi connectivity index (χ4n) is 1.14. The second-order valence-corrected chi connectivity index (χ2v) is 4.47. The first-order valence-electron chi connectivity index (χ1n) is 4.21. The molecule has 0 spiro atoms. The first kappa shape index (κ1) is 9.55. The van der Waals surface area contributed by atoms with Crippen molar-refractivity contribution in [2.24, 2.45) is 7.05 Å². The van der Waals surface area contributed by atoms with Gasteiger partial charge in [0.05, 0.1) is 4.34 Å². The van der Waals surface area contributed by atoms with Gasteiger partial charge in [0.15, 0.2) is 0 Å². The van der Waals surface area contributed by atoms with Crippen LogP contribution in [0.5, 0.6) is 0 Å². The second kappa shape index (κ2) is 4.02. The van der Waals surface area contributed by atoms with Gasteiger partial charge in [-0.2, -0.15) is 5.10 Å². The molecular formula is C9H10ClN3S. The lowest BCUT2D eigenvalue weighted by Crippen LogP contribution is -2.00. The van der Waals surface area contributed by atoms with Crippen molar-refractivity contribution in [2.75, 3.05) is 5.32 Å². The number of halogens is 1. The largest absolute Gasteiger partial charge is 0.364 e. The first-order valence-corrected chi connectivity index (χ1v) is 5.47. The molecular weight excluding hydrogens is 218 g/mol. The third-order valence-corrected chi connectivity index (χ3v) is 3.12. The van der Waals surface area contributed by atoms with E-state index in [-0.39, 0.29) is 0 Å². The summed E-state index contributed by atoms with van der Waals surface area (Å²) in [6.45, 7) is 0.722. The van der Waals surface area contributed by atoms with E-state index < -0.39 is 0 Å². The summed E-state index contributed by atoms with van der Waals surface area (Å²) in [4.78, 5) is 0. The lowest BCUT2D eigenvalue weighted by Gasteiger charge is -2.00. The molecule has 0 bridgehead atoms. The topological polar surface area (TPSA) is 29.9 Å². The average Bonchev–Trinajstić information content (AvgIpc) is 2.72. The van der Waals surface area contributed by atoms with Gasteiger partial charge in [-0.25, -0.2) is 0 Å². The van der Waals surface area contributed by atoms with Crippen LogP contribution in [0, 0.1) is 0 Å². The standard InChI is InChI=1S/C9H10ClN3S/c1-13-4-2-8(12-13)11-6-7-3-5-14-9(7)10/h2-5H,6H2,1H3,(H,11,12). The predicted molar refractivity (Wildman–Crippen MR) is 59.9 cm³/mol. The molecule has 2 aromatic heterocycles. The zero-order chi connectivity index (χ0) is 9.97. The van der Waals surface area contributed by atoms with Gasteiger partial charge in [0.2, 0.25) is 0 Å². The van der Waals surface area contributed by atoms with Crippen LogP contribution in [0.25, 0.3) is 0 Å². The Balaban J connectivity index is 1.98. The molecule has 5 heteroatoms. The maximum Gasteiger partial charge on any atom is 0.148 e. The molecule has 0 unspecified atom stereocenters. The van der Waals surface area contributed by atoms with E-state index in [1.54, 1.807) is 16.0 Å². The lowest BCUT2D eigenvalue weighted by molar-refractivity contribution is 0.768. The number of nitrogens with one attached hydrogen (secondary N) is 1. The van der Waals surface area contributed by atoms with Gasteiger partial charge in [0.1, 0.15) is 5.82 Å². The number of anilines is 1. The normalized spacial score (nSPS) is 10.4. The molecule has 0 aliphatic heterocycles. The summed E-state index contributed by atoms with van der Waals surface area (Å²) in [6.07, 6.45) is 1.90. The van der Waals surface area contributed by atoms with Crippen LogP contribution in [-0.2, 0) is 13.6 Å². The summed E-state index contributed by atoms with van der Waals surface area (Å²) in [5.74, 6) is 0.870. The minimum atomic E-state index is 0.722. The Hall–Kier alpha value is -1.00. The van der Waals surface area contributed by atoms with Crippen molar-refractivity contribution in [3.05, 3.63) is 33.6 Å². The Morgan fingerprint density at radius 2 is 2.43 bits per heavy atom. The molecule has 2 aromatic rings. The Morgan fingerprint density at radius 3 is 3.00 bits per heavy atom. The van der Waals surface area contributed by atoms with Crippen molar-refractivity contribution in [2.45, 2.75) is 6.54 Å². The molecule has 0 aliphatic rings. The monoisotopic (exact) mass is 227 g/mol. The lowest BCUT2D eigenvalue weighted by atomic mass is 10.3. The fourth-order valence-corrected chi connectivity index (χ4v) is 2.07. The van der Waals surface area contributed by atoms with Gasteiger partial charge in [0.25, 0.3) is 0 Å². The van der Waals surface area contributed by atoms with E-state index in [9.17, 15) is 0 Å². The zero-order valence-electron chi connectivity index (χ0n) is 7.70. The number of hydrogen-bond donors (Lipinski definition) is 1. The van der Waals surface area contributed by atoms with Gasteiger partial charge in [-0.3, -0.25) is 4.68 Å². The second-order valence-electron chi connectivity index (χ2n) is 2.95. The highest BCUT2D eigenvalue weighted by Gasteiger charge is 2.01. The Labute approximate surface area is 91.3 Å². The molecule has 14 heavy (non-hydrogen) atoms. The molecule has 0 aromatic carbocycles. The van der Waals surface area contributed by atoms with Crippen molar-refractivity contribution in [1.29, 1.82) is 0 Å². The molecule has 0 radical (unpaired) electrons. The molecule has 0 saturated heterocycles.